The molecular weight excluding hydrogens is 236 g/mol. The molecular formula is C16H12N2O. The van der Waals surface area contributed by atoms with Crippen LogP contribution in [0.5, 0.6) is 0 Å². The second kappa shape index (κ2) is 5.82. The molecule has 0 aliphatic rings. The van der Waals surface area contributed by atoms with Crippen LogP contribution in [0.2, 0.25) is 0 Å². The lowest BCUT2D eigenvalue weighted by Crippen LogP contribution is -2.01. The Kier molecular flexibility index (Phi) is 3.93. The largest absolute Gasteiger partial charge is 0.388 e. The number of rotatable bonds is 3. The number of nitrogens with zero attached hydrogens (tertiary/aromatic N) is 2. The van der Waals surface area contributed by atoms with Crippen LogP contribution < -0.4 is 0 Å². The summed E-state index contributed by atoms with van der Waals surface area (Å²) in [5.74, 6) is 0. The molecule has 0 amide bonds. The third-order valence-electron chi connectivity index (χ3n) is 2.94. The van der Waals surface area contributed by atoms with Crippen LogP contribution in [0.15, 0.2) is 48.5 Å². The third-order valence-corrected chi connectivity index (χ3v) is 2.94. The van der Waals surface area contributed by atoms with E-state index in [9.17, 15) is 5.11 Å². The summed E-state index contributed by atoms with van der Waals surface area (Å²) in [4.78, 5) is 0. The zero-order valence-corrected chi connectivity index (χ0v) is 10.2. The van der Waals surface area contributed by atoms with Gasteiger partial charge in [-0.05, 0) is 35.4 Å². The highest BCUT2D eigenvalue weighted by Crippen LogP contribution is 2.19. The van der Waals surface area contributed by atoms with Crippen molar-refractivity contribution in [2.45, 2.75) is 12.5 Å². The lowest BCUT2D eigenvalue weighted by molar-refractivity contribution is 0.178. The molecule has 0 bridgehead atoms. The summed E-state index contributed by atoms with van der Waals surface area (Å²) < 4.78 is 0. The molecule has 0 saturated heterocycles. The quantitative estimate of drug-likeness (QED) is 0.908. The standard InChI is InChI=1S/C16H12N2O/c17-10-13-3-1-12(2-4-13)9-16(19)15-7-5-14(11-18)6-8-15/h1-8,16,19H,9H2. The Bertz CT molecular complexity index is 630. The summed E-state index contributed by atoms with van der Waals surface area (Å²) in [5.41, 5.74) is 2.94. The fourth-order valence-electron chi connectivity index (χ4n) is 1.84. The molecule has 0 aromatic heterocycles. The van der Waals surface area contributed by atoms with Crippen LogP contribution >= 0.6 is 0 Å². The predicted molar refractivity (Wildman–Crippen MR) is 71.0 cm³/mol. The molecule has 0 spiro atoms. The van der Waals surface area contributed by atoms with Crippen LogP contribution in [0.4, 0.5) is 0 Å². The second-order valence-corrected chi connectivity index (χ2v) is 4.26. The minimum atomic E-state index is -0.610. The van der Waals surface area contributed by atoms with Crippen LogP contribution in [0.1, 0.15) is 28.4 Å². The van der Waals surface area contributed by atoms with E-state index in [2.05, 4.69) is 6.07 Å². The van der Waals surface area contributed by atoms with Crippen molar-refractivity contribution < 1.29 is 5.11 Å². The van der Waals surface area contributed by atoms with E-state index in [-0.39, 0.29) is 0 Å². The minimum Gasteiger partial charge on any atom is -0.388 e. The first kappa shape index (κ1) is 12.8. The SMILES string of the molecule is N#Cc1ccc(CC(O)c2ccc(C#N)cc2)cc1. The lowest BCUT2D eigenvalue weighted by Gasteiger charge is -2.11. The fraction of sp³-hybridized carbons (Fsp3) is 0.125. The molecule has 1 unspecified atom stereocenters. The fourth-order valence-corrected chi connectivity index (χ4v) is 1.84. The van der Waals surface area contributed by atoms with Gasteiger partial charge in [0.05, 0.1) is 29.4 Å². The van der Waals surface area contributed by atoms with E-state index in [1.165, 1.54) is 0 Å². The van der Waals surface area contributed by atoms with Gasteiger partial charge in [0.15, 0.2) is 0 Å². The molecule has 0 aliphatic heterocycles. The Morgan fingerprint density at radius 1 is 0.842 bits per heavy atom. The Morgan fingerprint density at radius 2 is 1.32 bits per heavy atom. The Morgan fingerprint density at radius 3 is 1.79 bits per heavy atom. The van der Waals surface area contributed by atoms with Crippen molar-refractivity contribution >= 4 is 0 Å². The van der Waals surface area contributed by atoms with Gasteiger partial charge in [-0.1, -0.05) is 24.3 Å². The molecule has 2 rings (SSSR count). The van der Waals surface area contributed by atoms with Crippen molar-refractivity contribution in [1.82, 2.24) is 0 Å². The van der Waals surface area contributed by atoms with Gasteiger partial charge in [-0.3, -0.25) is 0 Å². The van der Waals surface area contributed by atoms with E-state index in [1.54, 1.807) is 36.4 Å². The normalized spacial score (nSPS) is 11.3. The summed E-state index contributed by atoms with van der Waals surface area (Å²) in [5, 5.41) is 27.5. The molecule has 3 nitrogen and oxygen atoms in total. The van der Waals surface area contributed by atoms with Crippen LogP contribution in [0.25, 0.3) is 0 Å². The first-order valence-corrected chi connectivity index (χ1v) is 5.90. The number of aliphatic hydroxyl groups excluding tert-OH is 1. The van der Waals surface area contributed by atoms with E-state index in [4.69, 9.17) is 10.5 Å². The van der Waals surface area contributed by atoms with Crippen molar-refractivity contribution in [3.63, 3.8) is 0 Å². The highest BCUT2D eigenvalue weighted by molar-refractivity contribution is 5.34. The number of hydrogen-bond donors (Lipinski definition) is 1. The number of aliphatic hydroxyl groups is 1. The Balaban J connectivity index is 2.09. The van der Waals surface area contributed by atoms with Crippen molar-refractivity contribution in [3.8, 4) is 12.1 Å². The molecule has 19 heavy (non-hydrogen) atoms. The highest BCUT2D eigenvalue weighted by atomic mass is 16.3. The van der Waals surface area contributed by atoms with Gasteiger partial charge in [0.25, 0.3) is 0 Å². The zero-order valence-electron chi connectivity index (χ0n) is 10.2. The summed E-state index contributed by atoms with van der Waals surface area (Å²) in [7, 11) is 0. The van der Waals surface area contributed by atoms with Crippen molar-refractivity contribution in [2.24, 2.45) is 0 Å². The highest BCUT2D eigenvalue weighted by Gasteiger charge is 2.08. The van der Waals surface area contributed by atoms with Crippen LogP contribution in [-0.4, -0.2) is 5.11 Å². The van der Waals surface area contributed by atoms with E-state index >= 15 is 0 Å². The predicted octanol–water partition coefficient (Wildman–Crippen LogP) is 2.71. The zero-order chi connectivity index (χ0) is 13.7. The number of hydrogen-bond acceptors (Lipinski definition) is 3. The van der Waals surface area contributed by atoms with Crippen molar-refractivity contribution in [2.75, 3.05) is 0 Å². The van der Waals surface area contributed by atoms with Gasteiger partial charge in [-0.25, -0.2) is 0 Å². The molecule has 0 radical (unpaired) electrons. The number of nitriles is 2. The van der Waals surface area contributed by atoms with Gasteiger partial charge in [-0.15, -0.1) is 0 Å². The van der Waals surface area contributed by atoms with Crippen LogP contribution in [0.3, 0.4) is 0 Å². The summed E-state index contributed by atoms with van der Waals surface area (Å²) >= 11 is 0. The van der Waals surface area contributed by atoms with Gasteiger partial charge in [-0.2, -0.15) is 10.5 Å². The topological polar surface area (TPSA) is 67.8 Å². The van der Waals surface area contributed by atoms with Crippen molar-refractivity contribution in [1.29, 1.82) is 10.5 Å². The second-order valence-electron chi connectivity index (χ2n) is 4.26. The maximum Gasteiger partial charge on any atom is 0.0991 e. The smallest absolute Gasteiger partial charge is 0.0991 e. The molecule has 2 aromatic carbocycles. The molecule has 1 N–H and O–H groups in total. The van der Waals surface area contributed by atoms with E-state index in [0.29, 0.717) is 17.5 Å². The van der Waals surface area contributed by atoms with E-state index in [1.807, 2.05) is 18.2 Å². The Labute approximate surface area is 112 Å². The molecule has 3 heteroatoms. The molecule has 2 aromatic rings. The minimum absolute atomic E-state index is 0.484. The maximum absolute atomic E-state index is 10.1. The van der Waals surface area contributed by atoms with E-state index in [0.717, 1.165) is 11.1 Å². The third kappa shape index (κ3) is 3.19. The van der Waals surface area contributed by atoms with Gasteiger partial charge in [0.1, 0.15) is 0 Å². The monoisotopic (exact) mass is 248 g/mol. The lowest BCUT2D eigenvalue weighted by atomic mass is 10.00. The first-order valence-electron chi connectivity index (χ1n) is 5.90. The van der Waals surface area contributed by atoms with Gasteiger partial charge in [0.2, 0.25) is 0 Å². The van der Waals surface area contributed by atoms with Crippen LogP contribution in [0, 0.1) is 22.7 Å². The summed E-state index contributed by atoms with van der Waals surface area (Å²) in [6.45, 7) is 0. The first-order chi connectivity index (χ1) is 9.22. The maximum atomic E-state index is 10.1. The Hall–Kier alpha value is -2.62. The molecule has 92 valence electrons. The average molecular weight is 248 g/mol. The molecule has 0 fully saturated rings. The molecule has 0 heterocycles. The van der Waals surface area contributed by atoms with Gasteiger partial charge >= 0.3 is 0 Å². The molecule has 0 saturated carbocycles. The summed E-state index contributed by atoms with van der Waals surface area (Å²) in [6, 6.07) is 18.2. The van der Waals surface area contributed by atoms with Gasteiger partial charge in [0, 0.05) is 6.42 Å². The molecule has 1 atom stereocenters. The van der Waals surface area contributed by atoms with Gasteiger partial charge < -0.3 is 5.11 Å². The summed E-state index contributed by atoms with van der Waals surface area (Å²) in [6.07, 6.45) is -0.127. The van der Waals surface area contributed by atoms with Crippen molar-refractivity contribution in [3.05, 3.63) is 70.8 Å². The molecule has 0 aliphatic carbocycles. The van der Waals surface area contributed by atoms with Crippen LogP contribution in [-0.2, 0) is 6.42 Å². The number of benzene rings is 2. The average Bonchev–Trinajstić information content (AvgIpc) is 2.48. The van der Waals surface area contributed by atoms with E-state index < -0.39 is 6.10 Å².